The van der Waals surface area contributed by atoms with E-state index in [1.807, 2.05) is 31.2 Å². The number of rotatable bonds is 3. The lowest BCUT2D eigenvalue weighted by Gasteiger charge is -2.06. The summed E-state index contributed by atoms with van der Waals surface area (Å²) in [4.78, 5) is 8.28. The number of hydrogen-bond acceptors (Lipinski definition) is 2. The van der Waals surface area contributed by atoms with Crippen LogP contribution in [0.25, 0.3) is 0 Å². The second-order valence-corrected chi connectivity index (χ2v) is 4.67. The first-order chi connectivity index (χ1) is 8.16. The second-order valence-electron chi connectivity index (χ2n) is 3.85. The molecule has 0 fully saturated rings. The van der Waals surface area contributed by atoms with Crippen molar-refractivity contribution in [2.75, 3.05) is 0 Å². The summed E-state index contributed by atoms with van der Waals surface area (Å²) in [5.41, 5.74) is 2.96. The number of halogens is 2. The molecule has 88 valence electrons. The molecule has 2 rings (SSSR count). The van der Waals surface area contributed by atoms with E-state index >= 15 is 0 Å². The van der Waals surface area contributed by atoms with Crippen molar-refractivity contribution in [3.05, 3.63) is 57.6 Å². The molecule has 17 heavy (non-hydrogen) atoms. The number of nitrogens with zero attached hydrogens (tertiary/aromatic N) is 2. The molecule has 0 amide bonds. The van der Waals surface area contributed by atoms with E-state index in [-0.39, 0.29) is 0 Å². The van der Waals surface area contributed by atoms with Crippen LogP contribution >= 0.6 is 23.2 Å². The van der Waals surface area contributed by atoms with E-state index in [2.05, 4.69) is 9.97 Å². The lowest BCUT2D eigenvalue weighted by Crippen LogP contribution is -1.97. The molecule has 1 aromatic heterocycles. The summed E-state index contributed by atoms with van der Waals surface area (Å²) in [6.07, 6.45) is 3.18. The van der Waals surface area contributed by atoms with Gasteiger partial charge in [-0.05, 0) is 43.5 Å². The number of benzene rings is 1. The van der Waals surface area contributed by atoms with Crippen LogP contribution in [0.5, 0.6) is 0 Å². The molecule has 0 N–H and O–H groups in total. The molecule has 0 saturated carbocycles. The van der Waals surface area contributed by atoms with Crippen LogP contribution in [0.1, 0.15) is 17.0 Å². The third kappa shape index (κ3) is 3.18. The fourth-order valence-corrected chi connectivity index (χ4v) is 2.26. The molecule has 0 spiro atoms. The van der Waals surface area contributed by atoms with Crippen LogP contribution < -0.4 is 0 Å². The summed E-state index contributed by atoms with van der Waals surface area (Å²) in [7, 11) is 0. The molecule has 0 aliphatic carbocycles. The summed E-state index contributed by atoms with van der Waals surface area (Å²) >= 11 is 12.2. The first-order valence-electron chi connectivity index (χ1n) is 5.37. The summed E-state index contributed by atoms with van der Waals surface area (Å²) < 4.78 is 0. The van der Waals surface area contributed by atoms with Crippen molar-refractivity contribution in [2.24, 2.45) is 0 Å². The maximum absolute atomic E-state index is 6.11. The average molecular weight is 267 g/mol. The van der Waals surface area contributed by atoms with Gasteiger partial charge < -0.3 is 0 Å². The predicted molar refractivity (Wildman–Crippen MR) is 70.6 cm³/mol. The fourth-order valence-electron chi connectivity index (χ4n) is 1.67. The topological polar surface area (TPSA) is 25.8 Å². The highest BCUT2D eigenvalue weighted by Gasteiger charge is 2.06. The van der Waals surface area contributed by atoms with Gasteiger partial charge in [0, 0.05) is 21.4 Å². The zero-order valence-electron chi connectivity index (χ0n) is 9.45. The van der Waals surface area contributed by atoms with Crippen LogP contribution in [0.4, 0.5) is 0 Å². The lowest BCUT2D eigenvalue weighted by molar-refractivity contribution is 0.892. The quantitative estimate of drug-likeness (QED) is 0.843. The Morgan fingerprint density at radius 2 is 1.76 bits per heavy atom. The van der Waals surface area contributed by atoms with Gasteiger partial charge in [0.2, 0.25) is 0 Å². The molecule has 1 heterocycles. The highest BCUT2D eigenvalue weighted by Crippen LogP contribution is 2.25. The Labute approximate surface area is 111 Å². The van der Waals surface area contributed by atoms with E-state index in [1.165, 1.54) is 0 Å². The van der Waals surface area contributed by atoms with Crippen LogP contribution in [0.3, 0.4) is 0 Å². The van der Waals surface area contributed by atoms with Gasteiger partial charge in [0.15, 0.2) is 0 Å². The Balaban J connectivity index is 2.13. The molecule has 2 nitrogen and oxygen atoms in total. The summed E-state index contributed by atoms with van der Waals surface area (Å²) in [6, 6.07) is 7.54. The highest BCUT2D eigenvalue weighted by atomic mass is 35.5. The van der Waals surface area contributed by atoms with Crippen LogP contribution in [-0.4, -0.2) is 9.97 Å². The Hall–Kier alpha value is -1.12. The summed E-state index contributed by atoms with van der Waals surface area (Å²) in [6.45, 7) is 1.95. The van der Waals surface area contributed by atoms with Gasteiger partial charge in [-0.1, -0.05) is 29.3 Å². The van der Waals surface area contributed by atoms with E-state index in [0.29, 0.717) is 10.0 Å². The Kier molecular flexibility index (Phi) is 3.97. The minimum atomic E-state index is 0.711. The van der Waals surface area contributed by atoms with Crippen LogP contribution in [0.15, 0.2) is 30.6 Å². The average Bonchev–Trinajstić information content (AvgIpc) is 2.28. The summed E-state index contributed by atoms with van der Waals surface area (Å²) in [5, 5.41) is 1.42. The molecule has 0 bridgehead atoms. The third-order valence-corrected chi connectivity index (χ3v) is 3.26. The number of hydrogen-bond donors (Lipinski definition) is 0. The predicted octanol–water partition coefficient (Wildman–Crippen LogP) is 3.88. The van der Waals surface area contributed by atoms with Crippen LogP contribution in [-0.2, 0) is 12.8 Å². The van der Waals surface area contributed by atoms with E-state index in [9.17, 15) is 0 Å². The van der Waals surface area contributed by atoms with Gasteiger partial charge in [0.1, 0.15) is 6.33 Å². The summed E-state index contributed by atoms with van der Waals surface area (Å²) in [5.74, 6) is 0. The molecule has 0 aliphatic rings. The number of aromatic nitrogens is 2. The first kappa shape index (κ1) is 12.3. The molecule has 0 saturated heterocycles. The van der Waals surface area contributed by atoms with E-state index < -0.39 is 0 Å². The maximum atomic E-state index is 6.11. The third-order valence-electron chi connectivity index (χ3n) is 2.55. The van der Waals surface area contributed by atoms with Gasteiger partial charge in [-0.3, -0.25) is 0 Å². The van der Waals surface area contributed by atoms with Crippen molar-refractivity contribution in [3.8, 4) is 0 Å². The molecule has 4 heteroatoms. The fraction of sp³-hybridized carbons (Fsp3) is 0.231. The van der Waals surface area contributed by atoms with Crippen molar-refractivity contribution in [1.29, 1.82) is 0 Å². The minimum absolute atomic E-state index is 0.711. The molecule has 0 atom stereocenters. The zero-order chi connectivity index (χ0) is 12.3. The standard InChI is InChI=1S/C13H12Cl2N2/c1-9-7-10(17-8-16-9)5-6-11-12(14)3-2-4-13(11)15/h2-4,7-8H,5-6H2,1H3. The maximum Gasteiger partial charge on any atom is 0.115 e. The Morgan fingerprint density at radius 1 is 1.06 bits per heavy atom. The van der Waals surface area contributed by atoms with Gasteiger partial charge in [-0.25, -0.2) is 9.97 Å². The largest absolute Gasteiger partial charge is 0.242 e. The molecule has 1 aromatic carbocycles. The van der Waals surface area contributed by atoms with Gasteiger partial charge >= 0.3 is 0 Å². The smallest absolute Gasteiger partial charge is 0.115 e. The monoisotopic (exact) mass is 266 g/mol. The number of aryl methyl sites for hydroxylation is 2. The minimum Gasteiger partial charge on any atom is -0.242 e. The molecular weight excluding hydrogens is 255 g/mol. The Morgan fingerprint density at radius 3 is 2.41 bits per heavy atom. The van der Waals surface area contributed by atoms with Gasteiger partial charge in [0.25, 0.3) is 0 Å². The SMILES string of the molecule is Cc1cc(CCc2c(Cl)cccc2Cl)ncn1. The normalized spacial score (nSPS) is 10.5. The Bertz CT molecular complexity index is 506. The van der Waals surface area contributed by atoms with Crippen molar-refractivity contribution >= 4 is 23.2 Å². The van der Waals surface area contributed by atoms with Gasteiger partial charge in [-0.15, -0.1) is 0 Å². The van der Waals surface area contributed by atoms with Crippen LogP contribution in [0, 0.1) is 6.92 Å². The molecule has 0 radical (unpaired) electrons. The first-order valence-corrected chi connectivity index (χ1v) is 6.13. The zero-order valence-corrected chi connectivity index (χ0v) is 11.0. The van der Waals surface area contributed by atoms with E-state index in [4.69, 9.17) is 23.2 Å². The molecule has 2 aromatic rings. The van der Waals surface area contributed by atoms with Crippen molar-refractivity contribution < 1.29 is 0 Å². The van der Waals surface area contributed by atoms with Crippen molar-refractivity contribution in [2.45, 2.75) is 19.8 Å². The van der Waals surface area contributed by atoms with Gasteiger partial charge in [-0.2, -0.15) is 0 Å². The molecular formula is C13H12Cl2N2. The molecule has 0 unspecified atom stereocenters. The van der Waals surface area contributed by atoms with E-state index in [1.54, 1.807) is 6.33 Å². The van der Waals surface area contributed by atoms with E-state index in [0.717, 1.165) is 29.8 Å². The van der Waals surface area contributed by atoms with Crippen molar-refractivity contribution in [3.63, 3.8) is 0 Å². The molecule has 0 aliphatic heterocycles. The highest BCUT2D eigenvalue weighted by molar-refractivity contribution is 6.35. The van der Waals surface area contributed by atoms with Crippen molar-refractivity contribution in [1.82, 2.24) is 9.97 Å². The van der Waals surface area contributed by atoms with Crippen LogP contribution in [0.2, 0.25) is 10.0 Å². The lowest BCUT2D eigenvalue weighted by atomic mass is 10.1. The van der Waals surface area contributed by atoms with Gasteiger partial charge in [0.05, 0.1) is 0 Å². The second kappa shape index (κ2) is 5.48.